The van der Waals surface area contributed by atoms with Crippen LogP contribution in [0.25, 0.3) is 0 Å². The lowest BCUT2D eigenvalue weighted by Crippen LogP contribution is -2.30. The van der Waals surface area contributed by atoms with Crippen molar-refractivity contribution in [2.45, 2.75) is 13.1 Å². The van der Waals surface area contributed by atoms with Crippen molar-refractivity contribution in [2.24, 2.45) is 5.73 Å². The normalized spacial score (nSPS) is 10.3. The zero-order valence-electron chi connectivity index (χ0n) is 4.99. The lowest BCUT2D eigenvalue weighted by atomic mass is 11.1. The second kappa shape index (κ2) is 4.30. The molecule has 0 saturated carbocycles. The summed E-state index contributed by atoms with van der Waals surface area (Å²) < 4.78 is 0. The summed E-state index contributed by atoms with van der Waals surface area (Å²) in [6.45, 7) is 5.14. The van der Waals surface area contributed by atoms with Crippen molar-refractivity contribution < 1.29 is 0 Å². The zero-order valence-corrected chi connectivity index (χ0v) is 5.99. The Morgan fingerprint density at radius 1 is 1.57 bits per heavy atom. The van der Waals surface area contributed by atoms with E-state index in [4.69, 9.17) is 5.73 Å². The number of nitrogens with two attached hydrogens (primary N) is 1. The van der Waals surface area contributed by atoms with Gasteiger partial charge in [-0.2, -0.15) is 0 Å². The molecule has 7 heavy (non-hydrogen) atoms. The highest BCUT2D eigenvalue weighted by Crippen LogP contribution is 1.71. The smallest absolute Gasteiger partial charge is 0.0582 e. The molecule has 0 rings (SSSR count). The molecule has 0 amide bonds. The van der Waals surface area contributed by atoms with E-state index in [9.17, 15) is 0 Å². The average Bonchev–Trinajstić information content (AvgIpc) is 1.61. The van der Waals surface area contributed by atoms with Crippen LogP contribution in [-0.4, -0.2) is 21.6 Å². The topological polar surface area (TPSA) is 38.0 Å². The predicted octanol–water partition coefficient (Wildman–Crippen LogP) is -0.214. The minimum absolute atomic E-state index is 0.0884. The molecule has 0 aliphatic rings. The molecule has 0 aliphatic heterocycles. The summed E-state index contributed by atoms with van der Waals surface area (Å²) in [4.78, 5) is 0. The molecule has 0 aliphatic carbocycles. The van der Waals surface area contributed by atoms with Gasteiger partial charge in [0.15, 0.2) is 0 Å². The van der Waals surface area contributed by atoms with E-state index in [2.05, 4.69) is 18.4 Å². The molecular weight excluding hydrogens is 104 g/mol. The highest BCUT2D eigenvalue weighted by Gasteiger charge is 1.89. The fraction of sp³-hybridized carbons (Fsp3) is 1.00. The van der Waals surface area contributed by atoms with Gasteiger partial charge in [-0.05, 0) is 6.17 Å². The average molecular weight is 117 g/mol. The van der Waals surface area contributed by atoms with Crippen LogP contribution in [0.2, 0.25) is 13.1 Å². The molecule has 0 aromatic carbocycles. The molecule has 0 heterocycles. The van der Waals surface area contributed by atoms with Crippen LogP contribution < -0.4 is 11.1 Å². The zero-order chi connectivity index (χ0) is 5.70. The molecule has 0 bridgehead atoms. The molecule has 0 atom stereocenters. The third-order valence-electron chi connectivity index (χ3n) is 0.623. The minimum Gasteiger partial charge on any atom is -0.319 e. The quantitative estimate of drug-likeness (QED) is 0.396. The van der Waals surface area contributed by atoms with Crippen LogP contribution in [0, 0.1) is 0 Å². The SMILES string of the molecule is C[Si](C)CNCN. The van der Waals surface area contributed by atoms with Gasteiger partial charge in [0.1, 0.15) is 0 Å². The molecule has 0 aromatic heterocycles. The molecular formula is C4H13N2Si. The highest BCUT2D eigenvalue weighted by molar-refractivity contribution is 6.55. The number of rotatable bonds is 3. The third-order valence-corrected chi connectivity index (χ3v) is 1.58. The Morgan fingerprint density at radius 2 is 2.14 bits per heavy atom. The molecule has 2 nitrogen and oxygen atoms in total. The van der Waals surface area contributed by atoms with E-state index in [0.717, 1.165) is 6.17 Å². The second-order valence-electron chi connectivity index (χ2n) is 1.84. The third kappa shape index (κ3) is 6.14. The second-order valence-corrected chi connectivity index (χ2v) is 4.61. The predicted molar refractivity (Wildman–Crippen MR) is 34.5 cm³/mol. The van der Waals surface area contributed by atoms with E-state index < -0.39 is 0 Å². The van der Waals surface area contributed by atoms with Gasteiger partial charge in [0.25, 0.3) is 0 Å². The van der Waals surface area contributed by atoms with E-state index in [1.807, 2.05) is 0 Å². The maximum absolute atomic E-state index is 5.18. The van der Waals surface area contributed by atoms with Crippen molar-refractivity contribution in [3.63, 3.8) is 0 Å². The Bertz CT molecular complexity index is 38.7. The van der Waals surface area contributed by atoms with E-state index in [1.54, 1.807) is 0 Å². The van der Waals surface area contributed by atoms with Crippen LogP contribution >= 0.6 is 0 Å². The Kier molecular flexibility index (Phi) is 4.38. The molecule has 3 N–H and O–H groups in total. The van der Waals surface area contributed by atoms with Crippen LogP contribution in [-0.2, 0) is 0 Å². The fourth-order valence-electron chi connectivity index (χ4n) is 0.322. The largest absolute Gasteiger partial charge is 0.319 e. The molecule has 0 saturated heterocycles. The highest BCUT2D eigenvalue weighted by atomic mass is 28.3. The molecule has 1 radical (unpaired) electrons. The van der Waals surface area contributed by atoms with Gasteiger partial charge in [-0.1, -0.05) is 13.1 Å². The van der Waals surface area contributed by atoms with Gasteiger partial charge in [0.05, 0.1) is 8.80 Å². The first kappa shape index (κ1) is 7.14. The summed E-state index contributed by atoms with van der Waals surface area (Å²) in [5, 5.41) is 3.07. The summed E-state index contributed by atoms with van der Waals surface area (Å²) in [5.74, 6) is 0. The summed E-state index contributed by atoms with van der Waals surface area (Å²) in [6, 6.07) is 0. The Hall–Kier alpha value is 0.137. The van der Waals surface area contributed by atoms with Gasteiger partial charge < -0.3 is 11.1 Å². The number of hydrogen-bond donors (Lipinski definition) is 2. The number of nitrogens with one attached hydrogen (secondary N) is 1. The molecule has 0 aromatic rings. The van der Waals surface area contributed by atoms with E-state index >= 15 is 0 Å². The molecule has 43 valence electrons. The molecule has 3 heteroatoms. The first-order valence-corrected chi connectivity index (χ1v) is 5.18. The Labute approximate surface area is 46.7 Å². The Balaban J connectivity index is 2.68. The lowest BCUT2D eigenvalue weighted by molar-refractivity contribution is 0.799. The first-order valence-electron chi connectivity index (χ1n) is 2.47. The summed E-state index contributed by atoms with van der Waals surface area (Å²) in [5.41, 5.74) is 5.18. The van der Waals surface area contributed by atoms with Crippen molar-refractivity contribution in [3.8, 4) is 0 Å². The minimum atomic E-state index is -0.0884. The fourth-order valence-corrected chi connectivity index (χ4v) is 0.967. The molecule has 0 spiro atoms. The van der Waals surface area contributed by atoms with Gasteiger partial charge in [-0.15, -0.1) is 0 Å². The number of hydrogen-bond acceptors (Lipinski definition) is 2. The van der Waals surface area contributed by atoms with Gasteiger partial charge in [-0.25, -0.2) is 0 Å². The molecule has 0 unspecified atom stereocenters. The van der Waals surface area contributed by atoms with Crippen molar-refractivity contribution in [3.05, 3.63) is 0 Å². The van der Waals surface area contributed by atoms with Crippen LogP contribution in [0.4, 0.5) is 0 Å². The van der Waals surface area contributed by atoms with Gasteiger partial charge >= 0.3 is 0 Å². The van der Waals surface area contributed by atoms with E-state index in [1.165, 1.54) is 0 Å². The van der Waals surface area contributed by atoms with Crippen molar-refractivity contribution >= 4 is 8.80 Å². The lowest BCUT2D eigenvalue weighted by Gasteiger charge is -2.00. The van der Waals surface area contributed by atoms with Gasteiger partial charge in [0, 0.05) is 6.67 Å². The van der Waals surface area contributed by atoms with Gasteiger partial charge in [-0.3, -0.25) is 0 Å². The van der Waals surface area contributed by atoms with Crippen molar-refractivity contribution in [1.82, 2.24) is 5.32 Å². The summed E-state index contributed by atoms with van der Waals surface area (Å²) >= 11 is 0. The van der Waals surface area contributed by atoms with Gasteiger partial charge in [0.2, 0.25) is 0 Å². The monoisotopic (exact) mass is 117 g/mol. The van der Waals surface area contributed by atoms with E-state index in [-0.39, 0.29) is 8.80 Å². The summed E-state index contributed by atoms with van der Waals surface area (Å²) in [6.07, 6.45) is 1.13. The van der Waals surface area contributed by atoms with Crippen LogP contribution in [0.5, 0.6) is 0 Å². The van der Waals surface area contributed by atoms with Crippen molar-refractivity contribution in [1.29, 1.82) is 0 Å². The Morgan fingerprint density at radius 3 is 2.29 bits per heavy atom. The molecule has 0 fully saturated rings. The summed E-state index contributed by atoms with van der Waals surface area (Å²) in [7, 11) is -0.0884. The van der Waals surface area contributed by atoms with Crippen LogP contribution in [0.15, 0.2) is 0 Å². The maximum atomic E-state index is 5.18. The maximum Gasteiger partial charge on any atom is 0.0582 e. The van der Waals surface area contributed by atoms with Crippen molar-refractivity contribution in [2.75, 3.05) is 12.8 Å². The first-order chi connectivity index (χ1) is 3.27. The van der Waals surface area contributed by atoms with Crippen LogP contribution in [0.3, 0.4) is 0 Å². The van der Waals surface area contributed by atoms with Crippen LogP contribution in [0.1, 0.15) is 0 Å². The standard InChI is InChI=1S/C4H13N2Si/c1-7(2)4-6-3-5/h6H,3-5H2,1-2H3. The van der Waals surface area contributed by atoms with E-state index in [0.29, 0.717) is 6.67 Å².